The van der Waals surface area contributed by atoms with Gasteiger partial charge in [0.1, 0.15) is 11.5 Å². The van der Waals surface area contributed by atoms with Gasteiger partial charge in [0.2, 0.25) is 0 Å². The summed E-state index contributed by atoms with van der Waals surface area (Å²) in [6.45, 7) is 1.89. The van der Waals surface area contributed by atoms with E-state index in [0.29, 0.717) is 5.56 Å². The molecule has 3 aromatic rings. The minimum absolute atomic E-state index is 0.0869. The van der Waals surface area contributed by atoms with Crippen LogP contribution in [0, 0.1) is 0 Å². The molecule has 4 nitrogen and oxygen atoms in total. The molecule has 0 bridgehead atoms. The molecule has 2 aromatic carbocycles. The Morgan fingerprint density at radius 1 is 1.15 bits per heavy atom. The molecule has 0 radical (unpaired) electrons. The van der Waals surface area contributed by atoms with Crippen molar-refractivity contribution < 1.29 is 10.2 Å². The van der Waals surface area contributed by atoms with Gasteiger partial charge in [0.25, 0.3) is 0 Å². The number of benzene rings is 2. The number of fused-ring (bicyclic) bond motifs is 1. The van der Waals surface area contributed by atoms with Crippen molar-refractivity contribution in [2.45, 2.75) is 13.0 Å². The van der Waals surface area contributed by atoms with Crippen LogP contribution in [0.25, 0.3) is 10.2 Å². The van der Waals surface area contributed by atoms with Crippen LogP contribution in [0.2, 0.25) is 0 Å². The zero-order valence-electron chi connectivity index (χ0n) is 10.9. The molecule has 1 atom stereocenters. The van der Waals surface area contributed by atoms with E-state index in [1.54, 1.807) is 29.5 Å². The van der Waals surface area contributed by atoms with E-state index >= 15 is 0 Å². The summed E-state index contributed by atoms with van der Waals surface area (Å²) < 4.78 is 1.10. The Kier molecular flexibility index (Phi) is 3.20. The Morgan fingerprint density at radius 3 is 2.65 bits per heavy atom. The summed E-state index contributed by atoms with van der Waals surface area (Å²) in [7, 11) is 0. The van der Waals surface area contributed by atoms with Crippen LogP contribution in [0.1, 0.15) is 18.5 Å². The summed E-state index contributed by atoms with van der Waals surface area (Å²) in [4.78, 5) is 4.24. The molecule has 3 rings (SSSR count). The lowest BCUT2D eigenvalue weighted by molar-refractivity contribution is 0.434. The van der Waals surface area contributed by atoms with Crippen LogP contribution in [0.15, 0.2) is 41.9 Å². The van der Waals surface area contributed by atoms with Gasteiger partial charge in [-0.1, -0.05) is 6.07 Å². The minimum Gasteiger partial charge on any atom is -0.507 e. The molecule has 1 aromatic heterocycles. The van der Waals surface area contributed by atoms with Gasteiger partial charge in [-0.05, 0) is 37.3 Å². The summed E-state index contributed by atoms with van der Waals surface area (Å²) in [6.07, 6.45) is 0. The van der Waals surface area contributed by atoms with E-state index < -0.39 is 0 Å². The molecule has 0 amide bonds. The van der Waals surface area contributed by atoms with Crippen molar-refractivity contribution in [3.8, 4) is 11.5 Å². The monoisotopic (exact) mass is 286 g/mol. The normalized spacial score (nSPS) is 12.4. The number of aromatic nitrogens is 1. The quantitative estimate of drug-likeness (QED) is 0.683. The second-order valence-corrected chi connectivity index (χ2v) is 5.50. The fraction of sp³-hybridized carbons (Fsp3) is 0.133. The first-order valence-corrected chi connectivity index (χ1v) is 7.14. The summed E-state index contributed by atoms with van der Waals surface area (Å²) >= 11 is 1.58. The zero-order valence-corrected chi connectivity index (χ0v) is 11.7. The molecule has 20 heavy (non-hydrogen) atoms. The van der Waals surface area contributed by atoms with E-state index in [2.05, 4.69) is 10.3 Å². The Balaban J connectivity index is 1.90. The first-order chi connectivity index (χ1) is 9.65. The molecule has 0 saturated carbocycles. The highest BCUT2D eigenvalue weighted by Crippen LogP contribution is 2.34. The van der Waals surface area contributed by atoms with Gasteiger partial charge in [0.05, 0.1) is 27.3 Å². The maximum atomic E-state index is 9.87. The third-order valence-electron chi connectivity index (χ3n) is 3.21. The van der Waals surface area contributed by atoms with E-state index in [4.69, 9.17) is 0 Å². The number of anilines is 1. The highest BCUT2D eigenvalue weighted by Gasteiger charge is 2.15. The lowest BCUT2D eigenvalue weighted by Crippen LogP contribution is -2.07. The Bertz CT molecular complexity index is 734. The second-order valence-electron chi connectivity index (χ2n) is 4.61. The van der Waals surface area contributed by atoms with Crippen molar-refractivity contribution in [2.75, 3.05) is 5.32 Å². The molecule has 3 N–H and O–H groups in total. The predicted molar refractivity (Wildman–Crippen MR) is 81.4 cm³/mol. The molecule has 0 aliphatic rings. The molecule has 0 aliphatic carbocycles. The smallest absolute Gasteiger partial charge is 0.124 e. The number of hydrogen-bond acceptors (Lipinski definition) is 5. The predicted octanol–water partition coefficient (Wildman–Crippen LogP) is 3.88. The number of phenolic OH excluding ortho intramolecular Hbond substituents is 2. The highest BCUT2D eigenvalue weighted by molar-refractivity contribution is 7.16. The van der Waals surface area contributed by atoms with Crippen LogP contribution < -0.4 is 5.32 Å². The van der Waals surface area contributed by atoms with Crippen molar-refractivity contribution in [1.82, 2.24) is 4.98 Å². The average molecular weight is 286 g/mol. The standard InChI is InChI=1S/C15H14N2O2S/c1-9(15-12(18)3-2-4-13(15)19)17-10-5-6-11-14(7-10)20-8-16-11/h2-9,17-19H,1H3. The minimum atomic E-state index is -0.207. The largest absolute Gasteiger partial charge is 0.507 e. The molecule has 5 heteroatoms. The van der Waals surface area contributed by atoms with Gasteiger partial charge in [-0.2, -0.15) is 0 Å². The van der Waals surface area contributed by atoms with Crippen molar-refractivity contribution >= 4 is 27.2 Å². The van der Waals surface area contributed by atoms with E-state index in [1.165, 1.54) is 0 Å². The molecular weight excluding hydrogens is 272 g/mol. The molecular formula is C15H14N2O2S. The fourth-order valence-corrected chi connectivity index (χ4v) is 2.97. The summed E-state index contributed by atoms with van der Waals surface area (Å²) in [5.74, 6) is 0.174. The Labute approximate surface area is 120 Å². The van der Waals surface area contributed by atoms with Crippen LogP contribution in [0.4, 0.5) is 5.69 Å². The van der Waals surface area contributed by atoms with E-state index in [0.717, 1.165) is 15.9 Å². The molecule has 1 unspecified atom stereocenters. The number of nitrogens with one attached hydrogen (secondary N) is 1. The van der Waals surface area contributed by atoms with E-state index in [9.17, 15) is 10.2 Å². The molecule has 0 spiro atoms. The summed E-state index contributed by atoms with van der Waals surface area (Å²) in [5.41, 5.74) is 4.21. The van der Waals surface area contributed by atoms with Gasteiger partial charge in [-0.25, -0.2) is 4.98 Å². The van der Waals surface area contributed by atoms with Crippen LogP contribution in [-0.2, 0) is 0 Å². The third-order valence-corrected chi connectivity index (χ3v) is 4.00. The lowest BCUT2D eigenvalue weighted by Gasteiger charge is -2.18. The van der Waals surface area contributed by atoms with Gasteiger partial charge in [-0.3, -0.25) is 0 Å². The topological polar surface area (TPSA) is 65.4 Å². The molecule has 0 fully saturated rings. The third kappa shape index (κ3) is 2.28. The summed E-state index contributed by atoms with van der Waals surface area (Å²) in [6, 6.07) is 10.5. The zero-order chi connectivity index (χ0) is 14.1. The number of hydrogen-bond donors (Lipinski definition) is 3. The maximum absolute atomic E-state index is 9.87. The van der Waals surface area contributed by atoms with Crippen LogP contribution in [0.5, 0.6) is 11.5 Å². The summed E-state index contributed by atoms with van der Waals surface area (Å²) in [5, 5.41) is 23.0. The average Bonchev–Trinajstić information content (AvgIpc) is 2.85. The molecule has 1 heterocycles. The second kappa shape index (κ2) is 5.02. The van der Waals surface area contributed by atoms with E-state index in [-0.39, 0.29) is 17.5 Å². The van der Waals surface area contributed by atoms with Crippen LogP contribution in [-0.4, -0.2) is 15.2 Å². The van der Waals surface area contributed by atoms with Crippen molar-refractivity contribution in [3.63, 3.8) is 0 Å². The Morgan fingerprint density at radius 2 is 1.90 bits per heavy atom. The van der Waals surface area contributed by atoms with Gasteiger partial charge in [0.15, 0.2) is 0 Å². The first kappa shape index (κ1) is 12.7. The van der Waals surface area contributed by atoms with Crippen molar-refractivity contribution in [2.24, 2.45) is 0 Å². The van der Waals surface area contributed by atoms with Crippen molar-refractivity contribution in [1.29, 1.82) is 0 Å². The molecule has 102 valence electrons. The number of phenols is 2. The SMILES string of the molecule is CC(Nc1ccc2ncsc2c1)c1c(O)cccc1O. The lowest BCUT2D eigenvalue weighted by atomic mass is 10.1. The number of rotatable bonds is 3. The van der Waals surface area contributed by atoms with Gasteiger partial charge in [0, 0.05) is 5.69 Å². The highest BCUT2D eigenvalue weighted by atomic mass is 32.1. The number of thiazole rings is 1. The van der Waals surface area contributed by atoms with Crippen LogP contribution in [0.3, 0.4) is 0 Å². The Hall–Kier alpha value is -2.27. The van der Waals surface area contributed by atoms with Crippen LogP contribution >= 0.6 is 11.3 Å². The number of aromatic hydroxyl groups is 2. The molecule has 0 aliphatic heterocycles. The van der Waals surface area contributed by atoms with Crippen molar-refractivity contribution in [3.05, 3.63) is 47.5 Å². The van der Waals surface area contributed by atoms with Gasteiger partial charge < -0.3 is 15.5 Å². The maximum Gasteiger partial charge on any atom is 0.124 e. The fourth-order valence-electron chi connectivity index (χ4n) is 2.25. The first-order valence-electron chi connectivity index (χ1n) is 6.26. The number of nitrogens with zero attached hydrogens (tertiary/aromatic N) is 1. The van der Waals surface area contributed by atoms with Gasteiger partial charge in [-0.15, -0.1) is 11.3 Å². The molecule has 0 saturated heterocycles. The van der Waals surface area contributed by atoms with Gasteiger partial charge >= 0.3 is 0 Å². The van der Waals surface area contributed by atoms with E-state index in [1.807, 2.05) is 30.6 Å².